The van der Waals surface area contributed by atoms with Crippen LogP contribution in [0.3, 0.4) is 0 Å². The molecule has 0 saturated heterocycles. The van der Waals surface area contributed by atoms with Gasteiger partial charge in [-0.3, -0.25) is 4.79 Å². The number of halogens is 3. The molecule has 1 atom stereocenters. The molecule has 1 aromatic carbocycles. The van der Waals surface area contributed by atoms with Crippen LogP contribution in [-0.4, -0.2) is 36.7 Å². The van der Waals surface area contributed by atoms with Crippen molar-refractivity contribution in [2.24, 2.45) is 0 Å². The van der Waals surface area contributed by atoms with Gasteiger partial charge in [-0.15, -0.1) is 0 Å². The van der Waals surface area contributed by atoms with E-state index in [1.165, 1.54) is 0 Å². The molecule has 1 amide bonds. The topological polar surface area (TPSA) is 75.6 Å². The van der Waals surface area contributed by atoms with Gasteiger partial charge in [0.2, 0.25) is 0 Å². The van der Waals surface area contributed by atoms with Crippen molar-refractivity contribution in [1.82, 2.24) is 5.32 Å². The fourth-order valence-electron chi connectivity index (χ4n) is 1.31. The summed E-state index contributed by atoms with van der Waals surface area (Å²) in [4.78, 5) is 22.8. The van der Waals surface area contributed by atoms with Gasteiger partial charge in [0.15, 0.2) is 6.04 Å². The highest BCUT2D eigenvalue weighted by Gasteiger charge is 2.25. The van der Waals surface area contributed by atoms with Gasteiger partial charge < -0.3 is 15.2 Å². The average Bonchev–Trinajstić information content (AvgIpc) is 2.33. The van der Waals surface area contributed by atoms with E-state index in [0.717, 1.165) is 19.2 Å². The zero-order chi connectivity index (χ0) is 14.6. The van der Waals surface area contributed by atoms with E-state index in [9.17, 15) is 18.4 Å². The predicted octanol–water partition coefficient (Wildman–Crippen LogP) is 0.991. The van der Waals surface area contributed by atoms with Gasteiger partial charge in [-0.05, 0) is 12.1 Å². The van der Waals surface area contributed by atoms with Gasteiger partial charge >= 0.3 is 5.97 Å². The Balaban J connectivity index is 2.98. The number of nitrogens with one attached hydrogen (secondary N) is 1. The molecule has 0 radical (unpaired) electrons. The SMILES string of the molecule is COC(=O)C(CO)NC(=O)c1c(F)cc(Br)cc1F. The molecule has 104 valence electrons. The molecule has 5 nitrogen and oxygen atoms in total. The van der Waals surface area contributed by atoms with Crippen LogP contribution in [0.1, 0.15) is 10.4 Å². The van der Waals surface area contributed by atoms with Gasteiger partial charge in [0, 0.05) is 4.47 Å². The molecule has 0 saturated carbocycles. The van der Waals surface area contributed by atoms with Crippen molar-refractivity contribution in [2.45, 2.75) is 6.04 Å². The molecule has 0 aliphatic rings. The largest absolute Gasteiger partial charge is 0.467 e. The number of carbonyl (C=O) groups excluding carboxylic acids is 2. The molecule has 2 N–H and O–H groups in total. The van der Waals surface area contributed by atoms with E-state index in [2.05, 4.69) is 20.7 Å². The predicted molar refractivity (Wildman–Crippen MR) is 64.4 cm³/mol. The minimum atomic E-state index is -1.39. The molecular weight excluding hydrogens is 328 g/mol. The van der Waals surface area contributed by atoms with Gasteiger partial charge in [0.1, 0.15) is 17.2 Å². The number of aliphatic hydroxyl groups excluding tert-OH is 1. The fourth-order valence-corrected chi connectivity index (χ4v) is 1.71. The first kappa shape index (κ1) is 15.5. The van der Waals surface area contributed by atoms with E-state index in [1.807, 2.05) is 5.32 Å². The van der Waals surface area contributed by atoms with Crippen molar-refractivity contribution in [3.8, 4) is 0 Å². The van der Waals surface area contributed by atoms with E-state index in [0.29, 0.717) is 0 Å². The molecule has 0 spiro atoms. The molecule has 0 aliphatic heterocycles. The Kier molecular flexibility index (Phi) is 5.37. The summed E-state index contributed by atoms with van der Waals surface area (Å²) in [6, 6.07) is 0.425. The Bertz CT molecular complexity index is 486. The minimum Gasteiger partial charge on any atom is -0.467 e. The number of carbonyl (C=O) groups is 2. The van der Waals surface area contributed by atoms with Crippen LogP contribution in [0.15, 0.2) is 16.6 Å². The lowest BCUT2D eigenvalue weighted by atomic mass is 10.1. The van der Waals surface area contributed by atoms with Crippen molar-refractivity contribution in [3.63, 3.8) is 0 Å². The molecular formula is C11H10BrF2NO4. The summed E-state index contributed by atoms with van der Waals surface area (Å²) < 4.78 is 31.4. The van der Waals surface area contributed by atoms with Crippen LogP contribution >= 0.6 is 15.9 Å². The van der Waals surface area contributed by atoms with E-state index < -0.39 is 41.7 Å². The van der Waals surface area contributed by atoms with E-state index in [-0.39, 0.29) is 4.47 Å². The number of aliphatic hydroxyl groups is 1. The van der Waals surface area contributed by atoms with Crippen molar-refractivity contribution in [3.05, 3.63) is 33.8 Å². The molecule has 1 unspecified atom stereocenters. The van der Waals surface area contributed by atoms with Gasteiger partial charge in [0.05, 0.1) is 13.7 Å². The molecule has 1 aromatic rings. The lowest BCUT2D eigenvalue weighted by molar-refractivity contribution is -0.143. The lowest BCUT2D eigenvalue weighted by Crippen LogP contribution is -2.44. The first-order valence-electron chi connectivity index (χ1n) is 5.04. The molecule has 8 heteroatoms. The van der Waals surface area contributed by atoms with E-state index >= 15 is 0 Å². The number of amides is 1. The fraction of sp³-hybridized carbons (Fsp3) is 0.273. The summed E-state index contributed by atoms with van der Waals surface area (Å²) in [5, 5.41) is 10.9. The first-order valence-corrected chi connectivity index (χ1v) is 5.84. The lowest BCUT2D eigenvalue weighted by Gasteiger charge is -2.14. The van der Waals surface area contributed by atoms with Crippen molar-refractivity contribution in [2.75, 3.05) is 13.7 Å². The maximum atomic E-state index is 13.5. The van der Waals surface area contributed by atoms with Crippen molar-refractivity contribution >= 4 is 27.8 Å². The number of rotatable bonds is 4. The third-order valence-corrected chi connectivity index (χ3v) is 2.67. The third kappa shape index (κ3) is 3.71. The Labute approximate surface area is 115 Å². The van der Waals surface area contributed by atoms with Crippen LogP contribution in [0.5, 0.6) is 0 Å². The number of methoxy groups -OCH3 is 1. The van der Waals surface area contributed by atoms with Crippen molar-refractivity contribution in [1.29, 1.82) is 0 Å². The maximum Gasteiger partial charge on any atom is 0.330 e. The van der Waals surface area contributed by atoms with Crippen molar-refractivity contribution < 1.29 is 28.2 Å². The summed E-state index contributed by atoms with van der Waals surface area (Å²) >= 11 is 2.87. The zero-order valence-corrected chi connectivity index (χ0v) is 11.3. The number of hydrogen-bond acceptors (Lipinski definition) is 4. The summed E-state index contributed by atoms with van der Waals surface area (Å²) in [7, 11) is 1.05. The standard InChI is InChI=1S/C11H10BrF2NO4/c1-19-11(18)8(4-16)15-10(17)9-6(13)2-5(12)3-7(9)14/h2-3,8,16H,4H2,1H3,(H,15,17). The Morgan fingerprint density at radius 3 is 2.37 bits per heavy atom. The Hall–Kier alpha value is -1.54. The number of benzene rings is 1. The second-order valence-corrected chi connectivity index (χ2v) is 4.39. The highest BCUT2D eigenvalue weighted by Crippen LogP contribution is 2.19. The molecule has 0 bridgehead atoms. The maximum absolute atomic E-state index is 13.5. The molecule has 0 aliphatic carbocycles. The smallest absolute Gasteiger partial charge is 0.330 e. The molecule has 0 aromatic heterocycles. The molecule has 0 fully saturated rings. The van der Waals surface area contributed by atoms with Crippen LogP contribution in [0, 0.1) is 11.6 Å². The monoisotopic (exact) mass is 337 g/mol. The van der Waals surface area contributed by atoms with Crippen LogP contribution in [0.2, 0.25) is 0 Å². The second-order valence-electron chi connectivity index (χ2n) is 3.48. The Morgan fingerprint density at radius 1 is 1.42 bits per heavy atom. The highest BCUT2D eigenvalue weighted by molar-refractivity contribution is 9.10. The van der Waals surface area contributed by atoms with Gasteiger partial charge in [-0.2, -0.15) is 0 Å². The van der Waals surface area contributed by atoms with E-state index in [4.69, 9.17) is 5.11 Å². The molecule has 1 rings (SSSR count). The van der Waals surface area contributed by atoms with Gasteiger partial charge in [0.25, 0.3) is 5.91 Å². The van der Waals surface area contributed by atoms with E-state index in [1.54, 1.807) is 0 Å². The summed E-state index contributed by atoms with van der Waals surface area (Å²) in [5.74, 6) is -4.27. The molecule has 19 heavy (non-hydrogen) atoms. The van der Waals surface area contributed by atoms with Gasteiger partial charge in [-0.1, -0.05) is 15.9 Å². The highest BCUT2D eigenvalue weighted by atomic mass is 79.9. The second kappa shape index (κ2) is 6.58. The number of esters is 1. The summed E-state index contributed by atoms with van der Waals surface area (Å²) in [6.45, 7) is -0.752. The minimum absolute atomic E-state index is 0.130. The number of ether oxygens (including phenoxy) is 1. The average molecular weight is 338 g/mol. The zero-order valence-electron chi connectivity index (χ0n) is 9.75. The number of hydrogen-bond donors (Lipinski definition) is 2. The quantitative estimate of drug-likeness (QED) is 0.803. The van der Waals surface area contributed by atoms with Crippen LogP contribution in [0.4, 0.5) is 8.78 Å². The van der Waals surface area contributed by atoms with Crippen LogP contribution < -0.4 is 5.32 Å². The van der Waals surface area contributed by atoms with Crippen LogP contribution in [0.25, 0.3) is 0 Å². The van der Waals surface area contributed by atoms with Gasteiger partial charge in [-0.25, -0.2) is 13.6 Å². The third-order valence-electron chi connectivity index (χ3n) is 2.21. The first-order chi connectivity index (χ1) is 8.90. The van der Waals surface area contributed by atoms with Crippen LogP contribution in [-0.2, 0) is 9.53 Å². The summed E-state index contributed by atoms with van der Waals surface area (Å²) in [5.41, 5.74) is -0.842. The summed E-state index contributed by atoms with van der Waals surface area (Å²) in [6.07, 6.45) is 0. The normalized spacial score (nSPS) is 11.8. The molecule has 0 heterocycles. The Morgan fingerprint density at radius 2 is 1.95 bits per heavy atom.